The first-order valence-electron chi connectivity index (χ1n) is 10.2. The Morgan fingerprint density at radius 1 is 1.11 bits per heavy atom. The zero-order valence-corrected chi connectivity index (χ0v) is 18.8. The van der Waals surface area contributed by atoms with Crippen LogP contribution in [0.4, 0.5) is 33.5 Å². The number of halogens is 5. The van der Waals surface area contributed by atoms with Gasteiger partial charge >= 0.3 is 12.1 Å². The third kappa shape index (κ3) is 5.48. The Morgan fingerprint density at radius 2 is 1.83 bits per heavy atom. The number of hydroxylamine groups is 1. The normalized spacial score (nSPS) is 12.0. The molecule has 188 valence electrons. The summed E-state index contributed by atoms with van der Waals surface area (Å²) in [5.41, 5.74) is 4.16. The molecule has 3 rings (SSSR count). The average Bonchev–Trinajstić information content (AvgIpc) is 3.14. The Bertz CT molecular complexity index is 1260. The molecular weight excluding hydrogens is 479 g/mol. The van der Waals surface area contributed by atoms with Crippen molar-refractivity contribution in [2.45, 2.75) is 32.9 Å². The molecular formula is C21H21F5N6O3. The summed E-state index contributed by atoms with van der Waals surface area (Å²) in [5, 5.41) is 8.63. The number of fused-ring (bicyclic) bond motifs is 1. The molecule has 0 fully saturated rings. The van der Waals surface area contributed by atoms with Crippen molar-refractivity contribution in [3.63, 3.8) is 0 Å². The molecule has 3 N–H and O–H groups in total. The number of rotatable bonds is 8. The third-order valence-corrected chi connectivity index (χ3v) is 5.02. The predicted molar refractivity (Wildman–Crippen MR) is 115 cm³/mol. The highest BCUT2D eigenvalue weighted by atomic mass is 19.4. The number of benzene rings is 1. The van der Waals surface area contributed by atoms with Crippen molar-refractivity contribution in [2.75, 3.05) is 18.5 Å². The number of alkyl halides is 5. The molecule has 0 saturated heterocycles. The topological polar surface area (TPSA) is 110 Å². The molecule has 0 atom stereocenters. The first-order chi connectivity index (χ1) is 16.4. The summed E-state index contributed by atoms with van der Waals surface area (Å²) in [5.74, 6) is -6.48. The van der Waals surface area contributed by atoms with E-state index in [0.29, 0.717) is 5.69 Å². The van der Waals surface area contributed by atoms with Gasteiger partial charge in [0.05, 0.1) is 18.7 Å². The molecule has 35 heavy (non-hydrogen) atoms. The van der Waals surface area contributed by atoms with Crippen molar-refractivity contribution in [1.82, 2.24) is 25.4 Å². The van der Waals surface area contributed by atoms with Crippen LogP contribution in [-0.2, 0) is 4.84 Å². The molecule has 0 saturated carbocycles. The van der Waals surface area contributed by atoms with E-state index in [1.165, 1.54) is 17.6 Å². The number of amides is 2. The Balaban J connectivity index is 1.90. The van der Waals surface area contributed by atoms with Crippen molar-refractivity contribution < 1.29 is 36.4 Å². The van der Waals surface area contributed by atoms with Gasteiger partial charge in [-0.15, -0.1) is 0 Å². The van der Waals surface area contributed by atoms with E-state index >= 15 is 0 Å². The Hall–Kier alpha value is -3.81. The van der Waals surface area contributed by atoms with Crippen LogP contribution in [0.15, 0.2) is 30.7 Å². The second-order valence-electron chi connectivity index (χ2n) is 7.47. The monoisotopic (exact) mass is 500 g/mol. The summed E-state index contributed by atoms with van der Waals surface area (Å²) in [6, 6.07) is 4.83. The molecule has 2 heterocycles. The van der Waals surface area contributed by atoms with Gasteiger partial charge in [0.25, 0.3) is 11.8 Å². The molecule has 2 aromatic heterocycles. The number of aromatic nitrogens is 3. The van der Waals surface area contributed by atoms with Crippen molar-refractivity contribution in [2.24, 2.45) is 0 Å². The van der Waals surface area contributed by atoms with E-state index < -0.39 is 30.5 Å². The second-order valence-corrected chi connectivity index (χ2v) is 7.47. The van der Waals surface area contributed by atoms with Gasteiger partial charge in [-0.2, -0.15) is 27.1 Å². The van der Waals surface area contributed by atoms with E-state index in [1.54, 1.807) is 37.4 Å². The molecule has 1 aromatic carbocycles. The van der Waals surface area contributed by atoms with E-state index in [1.807, 2.05) is 0 Å². The van der Waals surface area contributed by atoms with Crippen LogP contribution >= 0.6 is 0 Å². The van der Waals surface area contributed by atoms with Gasteiger partial charge in [0, 0.05) is 17.4 Å². The number of aryl methyl sites for hydroxylation is 2. The fourth-order valence-corrected chi connectivity index (χ4v) is 3.09. The molecule has 14 heteroatoms. The van der Waals surface area contributed by atoms with E-state index in [-0.39, 0.29) is 34.6 Å². The van der Waals surface area contributed by atoms with Gasteiger partial charge in [-0.3, -0.25) is 14.4 Å². The van der Waals surface area contributed by atoms with Crippen LogP contribution in [0, 0.1) is 13.8 Å². The molecule has 0 aliphatic rings. The molecule has 0 radical (unpaired) electrons. The van der Waals surface area contributed by atoms with Gasteiger partial charge in [0.2, 0.25) is 0 Å². The maximum Gasteiger partial charge on any atom is 0.455 e. The van der Waals surface area contributed by atoms with Crippen LogP contribution in [0.5, 0.6) is 0 Å². The summed E-state index contributed by atoms with van der Waals surface area (Å²) in [6.07, 6.45) is -3.44. The fourth-order valence-electron chi connectivity index (χ4n) is 3.09. The maximum absolute atomic E-state index is 13.2. The number of hydrogen-bond acceptors (Lipinski definition) is 6. The lowest BCUT2D eigenvalue weighted by molar-refractivity contribution is -0.278. The van der Waals surface area contributed by atoms with Crippen LogP contribution < -0.4 is 16.1 Å². The van der Waals surface area contributed by atoms with Gasteiger partial charge in [-0.05, 0) is 44.0 Å². The van der Waals surface area contributed by atoms with E-state index in [4.69, 9.17) is 4.84 Å². The Labute approximate surface area is 195 Å². The van der Waals surface area contributed by atoms with Gasteiger partial charge in [0.1, 0.15) is 11.8 Å². The highest BCUT2D eigenvalue weighted by Gasteiger charge is 2.57. The molecule has 2 amide bonds. The molecule has 0 aliphatic carbocycles. The lowest BCUT2D eigenvalue weighted by atomic mass is 10.1. The van der Waals surface area contributed by atoms with Gasteiger partial charge in [0.15, 0.2) is 5.82 Å². The third-order valence-electron chi connectivity index (χ3n) is 5.02. The lowest BCUT2D eigenvalue weighted by Gasteiger charge is -2.19. The highest BCUT2D eigenvalue weighted by Crippen LogP contribution is 2.35. The van der Waals surface area contributed by atoms with Crippen molar-refractivity contribution >= 4 is 28.8 Å². The van der Waals surface area contributed by atoms with Gasteiger partial charge in [-0.1, -0.05) is 6.07 Å². The van der Waals surface area contributed by atoms with Crippen LogP contribution in [0.2, 0.25) is 0 Å². The molecule has 0 unspecified atom stereocenters. The highest BCUT2D eigenvalue weighted by molar-refractivity contribution is 5.99. The first kappa shape index (κ1) is 25.8. The lowest BCUT2D eigenvalue weighted by Crippen LogP contribution is -2.46. The quantitative estimate of drug-likeness (QED) is 0.322. The second kappa shape index (κ2) is 9.82. The summed E-state index contributed by atoms with van der Waals surface area (Å²) in [4.78, 5) is 33.6. The number of hydrogen-bond donors (Lipinski definition) is 3. The fraction of sp³-hybridized carbons (Fsp3) is 0.333. The minimum atomic E-state index is -5.80. The molecule has 0 aliphatic heterocycles. The smallest absolute Gasteiger partial charge is 0.346 e. The van der Waals surface area contributed by atoms with Crippen molar-refractivity contribution in [1.29, 1.82) is 0 Å². The van der Waals surface area contributed by atoms with Crippen LogP contribution in [0.3, 0.4) is 0 Å². The number of carbonyl (C=O) groups excluding carboxylic acids is 2. The summed E-state index contributed by atoms with van der Waals surface area (Å²) in [6.45, 7) is 3.32. The summed E-state index contributed by atoms with van der Waals surface area (Å²) < 4.78 is 64.8. The zero-order chi connectivity index (χ0) is 26.0. The van der Waals surface area contributed by atoms with Crippen molar-refractivity contribution in [3.8, 4) is 0 Å². The van der Waals surface area contributed by atoms with Gasteiger partial charge in [-0.25, -0.2) is 15.0 Å². The van der Waals surface area contributed by atoms with E-state index in [9.17, 15) is 31.5 Å². The SMILES string of the molecule is CCONC(=O)c1ccc(C)c(Nc2ncnn3cc(C(=O)NCC(F)(F)C(F)(F)F)c(C)c23)c1. The Kier molecular flexibility index (Phi) is 7.24. The molecule has 0 bridgehead atoms. The molecule has 3 aromatic rings. The first-order valence-corrected chi connectivity index (χ1v) is 10.2. The van der Waals surface area contributed by atoms with E-state index in [2.05, 4.69) is 20.9 Å². The minimum Gasteiger partial charge on any atom is -0.346 e. The predicted octanol–water partition coefficient (Wildman–Crippen LogP) is 3.70. The molecule has 9 nitrogen and oxygen atoms in total. The number of nitrogens with zero attached hydrogens (tertiary/aromatic N) is 3. The number of carbonyl (C=O) groups is 2. The van der Waals surface area contributed by atoms with Crippen LogP contribution in [0.1, 0.15) is 38.8 Å². The van der Waals surface area contributed by atoms with E-state index in [0.717, 1.165) is 11.9 Å². The Morgan fingerprint density at radius 3 is 2.49 bits per heavy atom. The number of anilines is 2. The van der Waals surface area contributed by atoms with Crippen molar-refractivity contribution in [3.05, 3.63) is 53.0 Å². The minimum absolute atomic E-state index is 0.159. The summed E-state index contributed by atoms with van der Waals surface area (Å²) >= 11 is 0. The van der Waals surface area contributed by atoms with Gasteiger partial charge < -0.3 is 10.6 Å². The zero-order valence-electron chi connectivity index (χ0n) is 18.8. The average molecular weight is 500 g/mol. The molecule has 0 spiro atoms. The summed E-state index contributed by atoms with van der Waals surface area (Å²) in [7, 11) is 0. The van der Waals surface area contributed by atoms with Crippen LogP contribution in [-0.4, -0.2) is 51.7 Å². The largest absolute Gasteiger partial charge is 0.455 e. The maximum atomic E-state index is 13.2. The standard InChI is InChI=1S/C21H21F5N6O3/c1-4-35-31-18(33)13-6-5-11(2)15(7-13)30-17-16-12(3)14(8-32(16)29-10-28-17)19(34)27-9-20(22,23)21(24,25)26/h5-8,10H,4,9H2,1-3H3,(H,27,34)(H,31,33)(H,28,29,30). The van der Waals surface area contributed by atoms with Crippen LogP contribution in [0.25, 0.3) is 5.52 Å². The number of nitrogens with one attached hydrogen (secondary N) is 3.